The van der Waals surface area contributed by atoms with Crippen molar-refractivity contribution in [3.63, 3.8) is 0 Å². The highest BCUT2D eigenvalue weighted by atomic mass is 16.2. The number of fused-ring (bicyclic) bond motifs is 1. The van der Waals surface area contributed by atoms with E-state index < -0.39 is 0 Å². The van der Waals surface area contributed by atoms with Gasteiger partial charge >= 0.3 is 0 Å². The number of aromatic nitrogens is 7. The lowest BCUT2D eigenvalue weighted by Gasteiger charge is -2.18. The molecule has 3 aromatic rings. The number of hydrogen-bond acceptors (Lipinski definition) is 6. The number of nitrogens with one attached hydrogen (secondary N) is 1. The molecule has 1 N–H and O–H groups in total. The van der Waals surface area contributed by atoms with E-state index in [1.807, 2.05) is 11.6 Å². The maximum Gasteiger partial charge on any atom is 0.270 e. The second-order valence-electron chi connectivity index (χ2n) is 6.92. The lowest BCUT2D eigenvalue weighted by Crippen LogP contribution is -2.33. The van der Waals surface area contributed by atoms with Crippen LogP contribution in [0.2, 0.25) is 0 Å². The third-order valence-corrected chi connectivity index (χ3v) is 4.71. The largest absolute Gasteiger partial charge is 0.340 e. The first kappa shape index (κ1) is 16.6. The van der Waals surface area contributed by atoms with E-state index in [1.165, 1.54) is 12.7 Å². The van der Waals surface area contributed by atoms with Crippen molar-refractivity contribution in [1.82, 2.24) is 39.7 Å². The van der Waals surface area contributed by atoms with Gasteiger partial charge < -0.3 is 5.32 Å². The fourth-order valence-corrected chi connectivity index (χ4v) is 3.16. The Kier molecular flexibility index (Phi) is 4.14. The molecule has 0 radical (unpaired) electrons. The maximum atomic E-state index is 12.9. The second-order valence-corrected chi connectivity index (χ2v) is 6.92. The van der Waals surface area contributed by atoms with Crippen LogP contribution in [0, 0.1) is 5.92 Å². The van der Waals surface area contributed by atoms with Crippen molar-refractivity contribution < 1.29 is 4.79 Å². The molecule has 9 nitrogen and oxygen atoms in total. The average Bonchev–Trinajstić information content (AvgIpc) is 3.17. The summed E-state index contributed by atoms with van der Waals surface area (Å²) >= 11 is 0. The van der Waals surface area contributed by atoms with Crippen molar-refractivity contribution in [2.75, 3.05) is 0 Å². The topological polar surface area (TPSA) is 103 Å². The Labute approximate surface area is 150 Å². The van der Waals surface area contributed by atoms with Gasteiger partial charge in [-0.15, -0.1) is 0 Å². The summed E-state index contributed by atoms with van der Waals surface area (Å²) in [4.78, 5) is 25.8. The molecule has 1 amide bonds. The number of carbonyl (C=O) groups excluding carboxylic acids is 1. The lowest BCUT2D eigenvalue weighted by atomic mass is 10.1. The Hall–Kier alpha value is -2.84. The zero-order valence-electron chi connectivity index (χ0n) is 15.1. The van der Waals surface area contributed by atoms with E-state index in [0.29, 0.717) is 17.4 Å². The van der Waals surface area contributed by atoms with Crippen LogP contribution in [0.3, 0.4) is 0 Å². The molecule has 136 valence electrons. The molecule has 0 bridgehead atoms. The zero-order valence-corrected chi connectivity index (χ0v) is 15.1. The summed E-state index contributed by atoms with van der Waals surface area (Å²) in [6.07, 6.45) is 5.15. The molecule has 0 aliphatic heterocycles. The molecule has 1 saturated carbocycles. The highest BCUT2D eigenvalue weighted by Crippen LogP contribution is 2.40. The van der Waals surface area contributed by atoms with Gasteiger partial charge in [-0.2, -0.15) is 15.2 Å². The monoisotopic (exact) mass is 354 g/mol. The van der Waals surface area contributed by atoms with Gasteiger partial charge in [0.2, 0.25) is 0 Å². The molecule has 1 fully saturated rings. The number of hydrogen-bond donors (Lipinski definition) is 1. The Morgan fingerprint density at radius 1 is 1.27 bits per heavy atom. The summed E-state index contributed by atoms with van der Waals surface area (Å²) in [6.45, 7) is 6.83. The molecule has 1 atom stereocenters. The van der Waals surface area contributed by atoms with E-state index in [2.05, 4.69) is 44.3 Å². The highest BCUT2D eigenvalue weighted by Gasteiger charge is 2.36. The summed E-state index contributed by atoms with van der Waals surface area (Å²) in [7, 11) is 0. The first-order chi connectivity index (χ1) is 12.6. The molecule has 1 aliphatic carbocycles. The van der Waals surface area contributed by atoms with Crippen LogP contribution in [0.5, 0.6) is 0 Å². The first-order valence-corrected chi connectivity index (χ1v) is 8.97. The van der Waals surface area contributed by atoms with Gasteiger partial charge in [-0.25, -0.2) is 19.2 Å². The molecule has 0 saturated heterocycles. The van der Waals surface area contributed by atoms with Gasteiger partial charge in [0.25, 0.3) is 11.7 Å². The molecule has 26 heavy (non-hydrogen) atoms. The number of aryl methyl sites for hydroxylation is 1. The first-order valence-electron chi connectivity index (χ1n) is 8.97. The molecule has 0 spiro atoms. The quantitative estimate of drug-likeness (QED) is 0.723. The Morgan fingerprint density at radius 3 is 2.73 bits per heavy atom. The Balaban J connectivity index is 1.65. The van der Waals surface area contributed by atoms with Crippen molar-refractivity contribution in [1.29, 1.82) is 0 Å². The molecular formula is C17H22N8O. The van der Waals surface area contributed by atoms with Crippen LogP contribution in [-0.4, -0.2) is 40.3 Å². The van der Waals surface area contributed by atoms with E-state index in [-0.39, 0.29) is 17.9 Å². The Morgan fingerprint density at radius 2 is 2.04 bits per heavy atom. The summed E-state index contributed by atoms with van der Waals surface area (Å²) in [6, 6.07) is 1.64. The van der Waals surface area contributed by atoms with Crippen molar-refractivity contribution in [3.8, 4) is 0 Å². The van der Waals surface area contributed by atoms with Gasteiger partial charge in [-0.1, -0.05) is 13.8 Å². The molecule has 0 unspecified atom stereocenters. The third-order valence-electron chi connectivity index (χ3n) is 4.71. The molecular weight excluding hydrogens is 332 g/mol. The average molecular weight is 354 g/mol. The van der Waals surface area contributed by atoms with Gasteiger partial charge in [0.15, 0.2) is 0 Å². The van der Waals surface area contributed by atoms with Crippen LogP contribution in [0.15, 0.2) is 18.7 Å². The summed E-state index contributed by atoms with van der Waals surface area (Å²) < 4.78 is 3.51. The number of nitrogens with zero attached hydrogens (tertiary/aromatic N) is 7. The fraction of sp³-hybridized carbons (Fsp3) is 0.529. The van der Waals surface area contributed by atoms with Crippen molar-refractivity contribution in [2.45, 2.75) is 52.1 Å². The summed E-state index contributed by atoms with van der Waals surface area (Å²) in [5.41, 5.74) is 1.25. The molecule has 9 heteroatoms. The van der Waals surface area contributed by atoms with E-state index in [1.54, 1.807) is 10.6 Å². The minimum absolute atomic E-state index is 0.150. The number of carbonyl (C=O) groups is 1. The SMILES string of the molecule is CCn1ncnc1[C@H](NC(=O)c1cc(C(C)C)n2ncnc2n1)C1CC1. The molecule has 4 rings (SSSR count). The van der Waals surface area contributed by atoms with Crippen LogP contribution < -0.4 is 5.32 Å². The van der Waals surface area contributed by atoms with Gasteiger partial charge in [0.1, 0.15) is 24.2 Å². The standard InChI is InChI=1S/C17H22N8O/c1-4-24-15(18-8-20-24)14(11-5-6-11)23-16(26)12-7-13(10(2)3)25-17(22-12)19-9-21-25/h7-11,14H,4-6H2,1-3H3,(H,23,26)/t14-/m1/s1. The van der Waals surface area contributed by atoms with E-state index in [4.69, 9.17) is 0 Å². The molecule has 0 aromatic carbocycles. The van der Waals surface area contributed by atoms with Crippen LogP contribution in [0.4, 0.5) is 0 Å². The lowest BCUT2D eigenvalue weighted by molar-refractivity contribution is 0.0923. The smallest absolute Gasteiger partial charge is 0.270 e. The predicted molar refractivity (Wildman–Crippen MR) is 93.5 cm³/mol. The summed E-state index contributed by atoms with van der Waals surface area (Å²) in [5.74, 6) is 1.60. The minimum Gasteiger partial charge on any atom is -0.340 e. The highest BCUT2D eigenvalue weighted by molar-refractivity contribution is 5.93. The van der Waals surface area contributed by atoms with Crippen LogP contribution in [-0.2, 0) is 6.54 Å². The molecule has 3 aromatic heterocycles. The van der Waals surface area contributed by atoms with Gasteiger partial charge in [-0.05, 0) is 37.7 Å². The molecule has 1 aliphatic rings. The minimum atomic E-state index is -0.222. The van der Waals surface area contributed by atoms with Crippen molar-refractivity contribution >= 4 is 11.7 Å². The van der Waals surface area contributed by atoms with E-state index >= 15 is 0 Å². The molecule has 3 heterocycles. The van der Waals surface area contributed by atoms with Gasteiger partial charge in [-0.3, -0.25) is 4.79 Å². The van der Waals surface area contributed by atoms with Crippen molar-refractivity contribution in [2.24, 2.45) is 5.92 Å². The Bertz CT molecular complexity index is 939. The number of rotatable bonds is 6. The maximum absolute atomic E-state index is 12.9. The second kappa shape index (κ2) is 6.47. The normalized spacial score (nSPS) is 15.5. The van der Waals surface area contributed by atoms with Gasteiger partial charge in [0, 0.05) is 6.54 Å². The van der Waals surface area contributed by atoms with E-state index in [0.717, 1.165) is 30.9 Å². The third kappa shape index (κ3) is 2.93. The fourth-order valence-electron chi connectivity index (χ4n) is 3.16. The van der Waals surface area contributed by atoms with Crippen LogP contribution in [0.25, 0.3) is 5.78 Å². The van der Waals surface area contributed by atoms with E-state index in [9.17, 15) is 4.79 Å². The number of amides is 1. The van der Waals surface area contributed by atoms with Crippen molar-refractivity contribution in [3.05, 3.63) is 35.9 Å². The zero-order chi connectivity index (χ0) is 18.3. The van der Waals surface area contributed by atoms with Gasteiger partial charge in [0.05, 0.1) is 11.7 Å². The van der Waals surface area contributed by atoms with Crippen LogP contribution >= 0.6 is 0 Å². The predicted octanol–water partition coefficient (Wildman–Crippen LogP) is 1.74. The summed E-state index contributed by atoms with van der Waals surface area (Å²) in [5, 5.41) is 11.5. The van der Waals surface area contributed by atoms with Crippen LogP contribution in [0.1, 0.15) is 67.6 Å².